The summed E-state index contributed by atoms with van der Waals surface area (Å²) in [5.41, 5.74) is 0.734. The quantitative estimate of drug-likeness (QED) is 0.737. The van der Waals surface area contributed by atoms with Crippen LogP contribution in [0.5, 0.6) is 0 Å². The SMILES string of the molecule is O=C(CNCC(=O)NC1CC1)Nc1ccc(Br)cc1. The van der Waals surface area contributed by atoms with Gasteiger partial charge in [0.25, 0.3) is 0 Å². The second kappa shape index (κ2) is 6.68. The highest BCUT2D eigenvalue weighted by molar-refractivity contribution is 9.10. The van der Waals surface area contributed by atoms with Crippen LogP contribution in [-0.4, -0.2) is 30.9 Å². The number of nitrogens with one attached hydrogen (secondary N) is 3. The van der Waals surface area contributed by atoms with Crippen LogP contribution in [0.2, 0.25) is 0 Å². The van der Waals surface area contributed by atoms with Gasteiger partial charge in [0.05, 0.1) is 13.1 Å². The van der Waals surface area contributed by atoms with Gasteiger partial charge in [0.1, 0.15) is 0 Å². The number of hydrogen-bond acceptors (Lipinski definition) is 3. The number of anilines is 1. The van der Waals surface area contributed by atoms with E-state index in [1.807, 2.05) is 24.3 Å². The molecule has 0 aliphatic heterocycles. The molecule has 2 amide bonds. The number of rotatable bonds is 6. The van der Waals surface area contributed by atoms with Crippen LogP contribution >= 0.6 is 15.9 Å². The Hall–Kier alpha value is -1.40. The van der Waals surface area contributed by atoms with Crippen LogP contribution in [0, 0.1) is 0 Å². The van der Waals surface area contributed by atoms with Crippen LogP contribution in [0.25, 0.3) is 0 Å². The summed E-state index contributed by atoms with van der Waals surface area (Å²) < 4.78 is 0.959. The molecule has 1 aromatic carbocycles. The first kappa shape index (κ1) is 14.0. The number of hydrogen-bond donors (Lipinski definition) is 3. The van der Waals surface area contributed by atoms with Gasteiger partial charge in [-0.3, -0.25) is 14.9 Å². The maximum Gasteiger partial charge on any atom is 0.238 e. The lowest BCUT2D eigenvalue weighted by Crippen LogP contribution is -2.38. The van der Waals surface area contributed by atoms with Crippen LogP contribution in [0.1, 0.15) is 12.8 Å². The molecule has 3 N–H and O–H groups in total. The smallest absolute Gasteiger partial charge is 0.238 e. The van der Waals surface area contributed by atoms with Crippen molar-refractivity contribution in [3.8, 4) is 0 Å². The summed E-state index contributed by atoms with van der Waals surface area (Å²) in [7, 11) is 0. The molecule has 0 atom stereocenters. The van der Waals surface area contributed by atoms with E-state index in [0.717, 1.165) is 23.0 Å². The van der Waals surface area contributed by atoms with Crippen molar-refractivity contribution in [1.29, 1.82) is 0 Å². The minimum atomic E-state index is -0.165. The van der Waals surface area contributed by atoms with Crippen LogP contribution < -0.4 is 16.0 Å². The monoisotopic (exact) mass is 325 g/mol. The highest BCUT2D eigenvalue weighted by Gasteiger charge is 2.22. The van der Waals surface area contributed by atoms with Gasteiger partial charge in [-0.15, -0.1) is 0 Å². The third kappa shape index (κ3) is 5.40. The first-order valence-corrected chi connectivity index (χ1v) is 6.98. The van der Waals surface area contributed by atoms with E-state index < -0.39 is 0 Å². The number of carbonyl (C=O) groups is 2. The summed E-state index contributed by atoms with van der Waals surface area (Å²) in [6, 6.07) is 7.67. The fourth-order valence-electron chi connectivity index (χ4n) is 1.53. The molecule has 2 rings (SSSR count). The van der Waals surface area contributed by atoms with Gasteiger partial charge in [0, 0.05) is 16.2 Å². The molecule has 0 spiro atoms. The predicted molar refractivity (Wildman–Crippen MR) is 76.8 cm³/mol. The Bertz CT molecular complexity index is 457. The number of amides is 2. The Balaban J connectivity index is 1.63. The zero-order chi connectivity index (χ0) is 13.7. The van der Waals surface area contributed by atoms with Crippen molar-refractivity contribution in [2.24, 2.45) is 0 Å². The summed E-state index contributed by atoms with van der Waals surface area (Å²) in [5.74, 6) is -0.222. The van der Waals surface area contributed by atoms with Gasteiger partial charge in [-0.1, -0.05) is 15.9 Å². The fraction of sp³-hybridized carbons (Fsp3) is 0.385. The maximum absolute atomic E-state index is 11.6. The van der Waals surface area contributed by atoms with Gasteiger partial charge < -0.3 is 10.6 Å². The lowest BCUT2D eigenvalue weighted by Gasteiger charge is -2.07. The zero-order valence-corrected chi connectivity index (χ0v) is 12.0. The van der Waals surface area contributed by atoms with E-state index in [2.05, 4.69) is 31.9 Å². The predicted octanol–water partition coefficient (Wildman–Crippen LogP) is 1.26. The first-order valence-electron chi connectivity index (χ1n) is 6.19. The molecule has 1 fully saturated rings. The van der Waals surface area contributed by atoms with Gasteiger partial charge in [-0.2, -0.15) is 0 Å². The molecule has 102 valence electrons. The summed E-state index contributed by atoms with van der Waals surface area (Å²) in [6.45, 7) is 0.290. The van der Waals surface area contributed by atoms with Crippen LogP contribution in [0.15, 0.2) is 28.7 Å². The number of halogens is 1. The Morgan fingerprint density at radius 1 is 1.11 bits per heavy atom. The van der Waals surface area contributed by atoms with Crippen molar-refractivity contribution in [3.05, 3.63) is 28.7 Å². The largest absolute Gasteiger partial charge is 0.352 e. The van der Waals surface area contributed by atoms with Gasteiger partial charge >= 0.3 is 0 Å². The second-order valence-electron chi connectivity index (χ2n) is 4.50. The van der Waals surface area contributed by atoms with E-state index in [1.54, 1.807) is 0 Å². The first-order chi connectivity index (χ1) is 9.13. The third-order valence-electron chi connectivity index (χ3n) is 2.64. The molecule has 0 radical (unpaired) electrons. The highest BCUT2D eigenvalue weighted by atomic mass is 79.9. The van der Waals surface area contributed by atoms with Crippen molar-refractivity contribution >= 4 is 33.4 Å². The van der Waals surface area contributed by atoms with Gasteiger partial charge in [0.15, 0.2) is 0 Å². The average Bonchev–Trinajstić information content (AvgIpc) is 3.16. The molecule has 1 aliphatic carbocycles. The molecule has 0 heterocycles. The normalized spacial score (nSPS) is 13.9. The topological polar surface area (TPSA) is 70.2 Å². The van der Waals surface area contributed by atoms with Gasteiger partial charge in [-0.05, 0) is 37.1 Å². The third-order valence-corrected chi connectivity index (χ3v) is 3.17. The van der Waals surface area contributed by atoms with Gasteiger partial charge in [-0.25, -0.2) is 0 Å². The molecular formula is C13H16BrN3O2. The number of benzene rings is 1. The average molecular weight is 326 g/mol. The molecule has 6 heteroatoms. The summed E-state index contributed by atoms with van der Waals surface area (Å²) in [5, 5.41) is 8.40. The van der Waals surface area contributed by atoms with Crippen LogP contribution in [0.4, 0.5) is 5.69 Å². The Kier molecular flexibility index (Phi) is 4.93. The molecule has 0 bridgehead atoms. The molecule has 1 saturated carbocycles. The second-order valence-corrected chi connectivity index (χ2v) is 5.42. The molecule has 1 aliphatic rings. The summed E-state index contributed by atoms with van der Waals surface area (Å²) in [6.07, 6.45) is 2.13. The Morgan fingerprint density at radius 2 is 1.74 bits per heavy atom. The fourth-order valence-corrected chi connectivity index (χ4v) is 1.80. The molecule has 5 nitrogen and oxygen atoms in total. The zero-order valence-electron chi connectivity index (χ0n) is 10.4. The van der Waals surface area contributed by atoms with E-state index >= 15 is 0 Å². The molecule has 19 heavy (non-hydrogen) atoms. The molecule has 0 saturated heterocycles. The minimum Gasteiger partial charge on any atom is -0.352 e. The molecule has 1 aromatic rings. The van der Waals surface area contributed by atoms with Crippen molar-refractivity contribution < 1.29 is 9.59 Å². The highest BCUT2D eigenvalue weighted by Crippen LogP contribution is 2.18. The maximum atomic E-state index is 11.6. The lowest BCUT2D eigenvalue weighted by atomic mass is 10.3. The number of carbonyl (C=O) groups excluding carboxylic acids is 2. The molecule has 0 unspecified atom stereocenters. The van der Waals surface area contributed by atoms with Gasteiger partial charge in [0.2, 0.25) is 11.8 Å². The Labute approximate surface area is 120 Å². The Morgan fingerprint density at radius 3 is 2.37 bits per heavy atom. The molecule has 0 aromatic heterocycles. The minimum absolute atomic E-state index is 0.0565. The van der Waals surface area contributed by atoms with Crippen molar-refractivity contribution in [3.63, 3.8) is 0 Å². The van der Waals surface area contributed by atoms with E-state index in [1.165, 1.54) is 0 Å². The lowest BCUT2D eigenvalue weighted by molar-refractivity contribution is -0.120. The van der Waals surface area contributed by atoms with Crippen LogP contribution in [-0.2, 0) is 9.59 Å². The van der Waals surface area contributed by atoms with E-state index in [4.69, 9.17) is 0 Å². The van der Waals surface area contributed by atoms with Crippen molar-refractivity contribution in [1.82, 2.24) is 10.6 Å². The molecular weight excluding hydrogens is 310 g/mol. The van der Waals surface area contributed by atoms with Crippen LogP contribution in [0.3, 0.4) is 0 Å². The standard InChI is InChI=1S/C13H16BrN3O2/c14-9-1-3-10(4-2-9)16-12(18)7-15-8-13(19)17-11-5-6-11/h1-4,11,15H,5-8H2,(H,16,18)(H,17,19). The van der Waals surface area contributed by atoms with E-state index in [0.29, 0.717) is 6.04 Å². The van der Waals surface area contributed by atoms with E-state index in [9.17, 15) is 9.59 Å². The summed E-state index contributed by atoms with van der Waals surface area (Å²) in [4.78, 5) is 23.0. The summed E-state index contributed by atoms with van der Waals surface area (Å²) >= 11 is 3.32. The van der Waals surface area contributed by atoms with Crippen molar-refractivity contribution in [2.75, 3.05) is 18.4 Å². The van der Waals surface area contributed by atoms with E-state index in [-0.39, 0.29) is 24.9 Å². The van der Waals surface area contributed by atoms with Crippen molar-refractivity contribution in [2.45, 2.75) is 18.9 Å².